The average molecular weight is 128 g/mol. The summed E-state index contributed by atoms with van der Waals surface area (Å²) >= 11 is 0. The summed E-state index contributed by atoms with van der Waals surface area (Å²) in [5, 5.41) is 9.53. The zero-order chi connectivity index (χ0) is 7.07. The van der Waals surface area contributed by atoms with Crippen molar-refractivity contribution in [2.45, 2.75) is 39.7 Å². The van der Waals surface area contributed by atoms with E-state index in [-0.39, 0.29) is 11.5 Å². The number of aliphatic hydroxyl groups excluding tert-OH is 1. The first-order valence-corrected chi connectivity index (χ1v) is 3.74. The van der Waals surface area contributed by atoms with Crippen molar-refractivity contribution in [3.63, 3.8) is 0 Å². The third-order valence-corrected chi connectivity index (χ3v) is 2.38. The van der Waals surface area contributed by atoms with E-state index in [0.717, 1.165) is 0 Å². The highest BCUT2D eigenvalue weighted by Gasteiger charge is 2.44. The van der Waals surface area contributed by atoms with Crippen molar-refractivity contribution in [1.82, 2.24) is 0 Å². The van der Waals surface area contributed by atoms with Crippen molar-refractivity contribution in [1.29, 1.82) is 0 Å². The Morgan fingerprint density at radius 1 is 1.33 bits per heavy atom. The predicted molar refractivity (Wildman–Crippen MR) is 38.2 cm³/mol. The highest BCUT2D eigenvalue weighted by atomic mass is 16.3. The lowest BCUT2D eigenvalue weighted by molar-refractivity contribution is 0.0596. The van der Waals surface area contributed by atoms with Crippen molar-refractivity contribution in [2.24, 2.45) is 11.3 Å². The first-order chi connectivity index (χ1) is 4.06. The summed E-state index contributed by atoms with van der Waals surface area (Å²) in [6.07, 6.45) is 2.36. The van der Waals surface area contributed by atoms with Crippen LogP contribution in [0.2, 0.25) is 0 Å². The van der Waals surface area contributed by atoms with Gasteiger partial charge in [0.25, 0.3) is 0 Å². The van der Waals surface area contributed by atoms with Crippen LogP contribution in [0.5, 0.6) is 0 Å². The summed E-state index contributed by atoms with van der Waals surface area (Å²) < 4.78 is 0. The van der Waals surface area contributed by atoms with E-state index >= 15 is 0 Å². The van der Waals surface area contributed by atoms with E-state index in [4.69, 9.17) is 0 Å². The second-order valence-electron chi connectivity index (χ2n) is 3.84. The van der Waals surface area contributed by atoms with Gasteiger partial charge in [-0.05, 0) is 24.2 Å². The van der Waals surface area contributed by atoms with Gasteiger partial charge in [0.15, 0.2) is 0 Å². The van der Waals surface area contributed by atoms with Gasteiger partial charge in [0, 0.05) is 0 Å². The summed E-state index contributed by atoms with van der Waals surface area (Å²) in [5.41, 5.74) is 0.286. The third kappa shape index (κ3) is 1.26. The van der Waals surface area contributed by atoms with E-state index in [2.05, 4.69) is 20.8 Å². The molecule has 1 atom stereocenters. The summed E-state index contributed by atoms with van der Waals surface area (Å²) in [6.45, 7) is 6.32. The van der Waals surface area contributed by atoms with Crippen LogP contribution in [0.3, 0.4) is 0 Å². The minimum Gasteiger partial charge on any atom is -0.392 e. The molecule has 9 heavy (non-hydrogen) atoms. The Hall–Kier alpha value is -0.0400. The van der Waals surface area contributed by atoms with Gasteiger partial charge in [-0.3, -0.25) is 0 Å². The molecule has 0 bridgehead atoms. The van der Waals surface area contributed by atoms with E-state index < -0.39 is 0 Å². The van der Waals surface area contributed by atoms with Crippen LogP contribution in [0.1, 0.15) is 33.6 Å². The lowest BCUT2D eigenvalue weighted by Gasteiger charge is -2.20. The molecular formula is C8H16O. The maximum atomic E-state index is 9.53. The molecule has 0 aromatic rings. The minimum atomic E-state index is -0.0718. The van der Waals surface area contributed by atoms with Crippen LogP contribution < -0.4 is 0 Å². The smallest absolute Gasteiger partial charge is 0.0616 e. The average Bonchev–Trinajstić information content (AvgIpc) is 2.47. The van der Waals surface area contributed by atoms with Gasteiger partial charge in [-0.15, -0.1) is 0 Å². The SMILES string of the molecule is CC(C)[C@@H](O)C1(C)CC1. The van der Waals surface area contributed by atoms with Gasteiger partial charge in [-0.25, -0.2) is 0 Å². The van der Waals surface area contributed by atoms with E-state index in [1.54, 1.807) is 0 Å². The van der Waals surface area contributed by atoms with Crippen LogP contribution in [0.25, 0.3) is 0 Å². The van der Waals surface area contributed by atoms with Crippen molar-refractivity contribution < 1.29 is 5.11 Å². The van der Waals surface area contributed by atoms with Gasteiger partial charge >= 0.3 is 0 Å². The largest absolute Gasteiger partial charge is 0.392 e. The molecule has 0 radical (unpaired) electrons. The summed E-state index contributed by atoms with van der Waals surface area (Å²) in [5.74, 6) is 0.428. The molecule has 0 aromatic heterocycles. The molecule has 1 N–H and O–H groups in total. The van der Waals surface area contributed by atoms with Gasteiger partial charge in [0.1, 0.15) is 0 Å². The predicted octanol–water partition coefficient (Wildman–Crippen LogP) is 1.80. The molecule has 0 unspecified atom stereocenters. The molecule has 0 saturated heterocycles. The molecule has 1 aliphatic carbocycles. The molecule has 0 heterocycles. The normalized spacial score (nSPS) is 26.3. The molecule has 1 rings (SSSR count). The first-order valence-electron chi connectivity index (χ1n) is 3.74. The Kier molecular flexibility index (Phi) is 1.55. The highest BCUT2D eigenvalue weighted by Crippen LogP contribution is 2.49. The lowest BCUT2D eigenvalue weighted by Crippen LogP contribution is -2.24. The van der Waals surface area contributed by atoms with Crippen molar-refractivity contribution >= 4 is 0 Å². The fraction of sp³-hybridized carbons (Fsp3) is 1.00. The monoisotopic (exact) mass is 128 g/mol. The second kappa shape index (κ2) is 1.98. The van der Waals surface area contributed by atoms with Crippen molar-refractivity contribution in [3.8, 4) is 0 Å². The Morgan fingerprint density at radius 3 is 1.89 bits per heavy atom. The molecule has 54 valence electrons. The van der Waals surface area contributed by atoms with E-state index in [9.17, 15) is 5.11 Å². The lowest BCUT2D eigenvalue weighted by atomic mass is 9.92. The van der Waals surface area contributed by atoms with Crippen LogP contribution in [-0.4, -0.2) is 11.2 Å². The number of rotatable bonds is 2. The maximum absolute atomic E-state index is 9.53. The zero-order valence-corrected chi connectivity index (χ0v) is 6.52. The Bertz CT molecular complexity index is 103. The van der Waals surface area contributed by atoms with Crippen LogP contribution in [0.4, 0.5) is 0 Å². The Morgan fingerprint density at radius 2 is 1.78 bits per heavy atom. The maximum Gasteiger partial charge on any atom is 0.0616 e. The number of aliphatic hydroxyl groups is 1. The summed E-state index contributed by atoms with van der Waals surface area (Å²) in [7, 11) is 0. The Balaban J connectivity index is 2.42. The molecule has 0 spiro atoms. The van der Waals surface area contributed by atoms with Gasteiger partial charge < -0.3 is 5.11 Å². The van der Waals surface area contributed by atoms with Crippen molar-refractivity contribution in [2.75, 3.05) is 0 Å². The number of hydrogen-bond acceptors (Lipinski definition) is 1. The molecule has 0 aromatic carbocycles. The molecular weight excluding hydrogens is 112 g/mol. The molecule has 1 saturated carbocycles. The van der Waals surface area contributed by atoms with Crippen LogP contribution in [-0.2, 0) is 0 Å². The van der Waals surface area contributed by atoms with Crippen LogP contribution in [0, 0.1) is 11.3 Å². The Labute approximate surface area is 57.1 Å². The zero-order valence-electron chi connectivity index (χ0n) is 6.52. The molecule has 0 amide bonds. The van der Waals surface area contributed by atoms with Gasteiger partial charge in [-0.1, -0.05) is 20.8 Å². The minimum absolute atomic E-state index is 0.0718. The third-order valence-electron chi connectivity index (χ3n) is 2.38. The number of hydrogen-bond donors (Lipinski definition) is 1. The fourth-order valence-corrected chi connectivity index (χ4v) is 1.30. The second-order valence-corrected chi connectivity index (χ2v) is 3.84. The van der Waals surface area contributed by atoms with Gasteiger partial charge in [-0.2, -0.15) is 0 Å². The molecule has 1 heteroatoms. The summed E-state index contributed by atoms with van der Waals surface area (Å²) in [4.78, 5) is 0. The van der Waals surface area contributed by atoms with E-state index in [1.807, 2.05) is 0 Å². The van der Waals surface area contributed by atoms with E-state index in [1.165, 1.54) is 12.8 Å². The quantitative estimate of drug-likeness (QED) is 0.601. The molecule has 1 aliphatic rings. The van der Waals surface area contributed by atoms with E-state index in [0.29, 0.717) is 5.92 Å². The highest BCUT2D eigenvalue weighted by molar-refractivity contribution is 4.95. The molecule has 1 nitrogen and oxygen atoms in total. The fourth-order valence-electron chi connectivity index (χ4n) is 1.30. The molecule has 1 fully saturated rings. The summed E-state index contributed by atoms with van der Waals surface area (Å²) in [6, 6.07) is 0. The molecule has 0 aliphatic heterocycles. The van der Waals surface area contributed by atoms with Crippen molar-refractivity contribution in [3.05, 3.63) is 0 Å². The van der Waals surface area contributed by atoms with Crippen LogP contribution in [0.15, 0.2) is 0 Å². The van der Waals surface area contributed by atoms with Crippen LogP contribution >= 0.6 is 0 Å². The van der Waals surface area contributed by atoms with Gasteiger partial charge in [0.05, 0.1) is 6.10 Å². The first kappa shape index (κ1) is 7.07. The van der Waals surface area contributed by atoms with Gasteiger partial charge in [0.2, 0.25) is 0 Å². The topological polar surface area (TPSA) is 20.2 Å². The standard InChI is InChI=1S/C8H16O/c1-6(2)7(9)8(3)4-5-8/h6-7,9H,4-5H2,1-3H3/t7-/m1/s1.